The van der Waals surface area contributed by atoms with Crippen LogP contribution in [-0.2, 0) is 9.53 Å². The molecule has 202 valence electrons. The first-order chi connectivity index (χ1) is 18.9. The molecule has 1 atom stereocenters. The summed E-state index contributed by atoms with van der Waals surface area (Å²) in [5, 5.41) is 1.04. The lowest BCUT2D eigenvalue weighted by Gasteiger charge is -2.25. The SMILES string of the molecule is CCOC(=O)C1=C(C)N=c2sc(=Cc3c(C)[nH]c4ccccc34)c(=O)n2C1c1ccc(OCC)c(OCC)c1. The van der Waals surface area contributed by atoms with Gasteiger partial charge < -0.3 is 19.2 Å². The standard InChI is InChI=1S/C30H31N3O5S/c1-6-36-23-14-13-19(15-24(23)37-7-2)27-26(29(35)38-8-3)18(5)32-30-33(27)28(34)25(39-30)16-21-17(4)31-22-12-10-9-11-20(21)22/h9-16,27,31H,6-8H2,1-5H3. The maximum Gasteiger partial charge on any atom is 0.338 e. The zero-order chi connectivity index (χ0) is 27.7. The van der Waals surface area contributed by atoms with Crippen molar-refractivity contribution in [2.24, 2.45) is 4.99 Å². The number of carbonyl (C=O) groups excluding carboxylic acids is 1. The van der Waals surface area contributed by atoms with Crippen molar-refractivity contribution in [3.05, 3.63) is 90.2 Å². The molecule has 1 N–H and O–H groups in total. The van der Waals surface area contributed by atoms with Gasteiger partial charge in [0, 0.05) is 22.2 Å². The quantitative estimate of drug-likeness (QED) is 0.332. The maximum absolute atomic E-state index is 14.0. The lowest BCUT2D eigenvalue weighted by molar-refractivity contribution is -0.139. The van der Waals surface area contributed by atoms with Crippen LogP contribution in [0.15, 0.2) is 63.5 Å². The van der Waals surface area contributed by atoms with E-state index in [1.807, 2.05) is 69.3 Å². The minimum atomic E-state index is -0.735. The fraction of sp³-hybridized carbons (Fsp3) is 0.300. The summed E-state index contributed by atoms with van der Waals surface area (Å²) in [5.41, 5.74) is 4.24. The molecular formula is C30H31N3O5S. The molecule has 0 saturated heterocycles. The van der Waals surface area contributed by atoms with E-state index in [-0.39, 0.29) is 12.2 Å². The molecule has 8 nitrogen and oxygen atoms in total. The van der Waals surface area contributed by atoms with Crippen LogP contribution in [0.25, 0.3) is 17.0 Å². The third-order valence-electron chi connectivity index (χ3n) is 6.62. The number of esters is 1. The number of rotatable bonds is 8. The highest BCUT2D eigenvalue weighted by molar-refractivity contribution is 7.07. The Morgan fingerprint density at radius 3 is 2.54 bits per heavy atom. The topological polar surface area (TPSA) is 94.9 Å². The van der Waals surface area contributed by atoms with Gasteiger partial charge in [-0.3, -0.25) is 9.36 Å². The minimum Gasteiger partial charge on any atom is -0.490 e. The normalized spacial score (nSPS) is 15.3. The number of benzene rings is 2. The van der Waals surface area contributed by atoms with Crippen LogP contribution in [0.3, 0.4) is 0 Å². The molecule has 4 aromatic rings. The van der Waals surface area contributed by atoms with Gasteiger partial charge in [0.1, 0.15) is 0 Å². The third kappa shape index (κ3) is 4.78. The number of hydrogen-bond acceptors (Lipinski definition) is 7. The highest BCUT2D eigenvalue weighted by Crippen LogP contribution is 2.36. The number of para-hydroxylation sites is 1. The van der Waals surface area contributed by atoms with E-state index in [1.54, 1.807) is 18.4 Å². The summed E-state index contributed by atoms with van der Waals surface area (Å²) >= 11 is 1.30. The number of hydrogen-bond donors (Lipinski definition) is 1. The van der Waals surface area contributed by atoms with E-state index in [0.717, 1.165) is 22.2 Å². The van der Waals surface area contributed by atoms with E-state index in [1.165, 1.54) is 11.3 Å². The van der Waals surface area contributed by atoms with Crippen LogP contribution in [0.5, 0.6) is 11.5 Å². The fourth-order valence-electron chi connectivity index (χ4n) is 4.96. The van der Waals surface area contributed by atoms with Crippen LogP contribution in [0.2, 0.25) is 0 Å². The van der Waals surface area contributed by atoms with Crippen molar-refractivity contribution in [2.45, 2.75) is 40.7 Å². The lowest BCUT2D eigenvalue weighted by Crippen LogP contribution is -2.40. The fourth-order valence-corrected chi connectivity index (χ4v) is 5.99. The van der Waals surface area contributed by atoms with Crippen molar-refractivity contribution in [1.29, 1.82) is 0 Å². The molecule has 1 unspecified atom stereocenters. The molecule has 2 aromatic heterocycles. The highest BCUT2D eigenvalue weighted by atomic mass is 32.1. The number of nitrogens with zero attached hydrogens (tertiary/aromatic N) is 2. The van der Waals surface area contributed by atoms with Gasteiger partial charge in [-0.1, -0.05) is 35.6 Å². The summed E-state index contributed by atoms with van der Waals surface area (Å²) in [6, 6.07) is 12.8. The van der Waals surface area contributed by atoms with Gasteiger partial charge in [-0.15, -0.1) is 0 Å². The number of fused-ring (bicyclic) bond motifs is 2. The summed E-state index contributed by atoms with van der Waals surface area (Å²) in [6.45, 7) is 10.5. The Bertz CT molecular complexity index is 1780. The van der Waals surface area contributed by atoms with Gasteiger partial charge in [0.05, 0.1) is 41.7 Å². The molecular weight excluding hydrogens is 514 g/mol. The maximum atomic E-state index is 14.0. The summed E-state index contributed by atoms with van der Waals surface area (Å²) in [7, 11) is 0. The van der Waals surface area contributed by atoms with Gasteiger partial charge in [0.2, 0.25) is 0 Å². The average Bonchev–Trinajstić information content (AvgIpc) is 3.40. The molecule has 0 spiro atoms. The molecule has 0 aliphatic carbocycles. The predicted molar refractivity (Wildman–Crippen MR) is 152 cm³/mol. The van der Waals surface area contributed by atoms with E-state index < -0.39 is 12.0 Å². The van der Waals surface area contributed by atoms with E-state index in [0.29, 0.717) is 50.9 Å². The Labute approximate surface area is 229 Å². The first-order valence-corrected chi connectivity index (χ1v) is 13.9. The van der Waals surface area contributed by atoms with Gasteiger partial charge in [-0.05, 0) is 64.5 Å². The molecule has 1 aliphatic heterocycles. The molecule has 0 fully saturated rings. The smallest absolute Gasteiger partial charge is 0.338 e. The second-order valence-corrected chi connectivity index (χ2v) is 10.1. The molecule has 1 aliphatic rings. The summed E-state index contributed by atoms with van der Waals surface area (Å²) in [5.74, 6) is 0.646. The van der Waals surface area contributed by atoms with Crippen LogP contribution in [0.1, 0.15) is 50.6 Å². The Kier molecular flexibility index (Phi) is 7.43. The van der Waals surface area contributed by atoms with Crippen molar-refractivity contribution in [1.82, 2.24) is 9.55 Å². The summed E-state index contributed by atoms with van der Waals surface area (Å²) in [6.07, 6.45) is 1.91. The van der Waals surface area contributed by atoms with E-state index in [9.17, 15) is 9.59 Å². The van der Waals surface area contributed by atoms with E-state index >= 15 is 0 Å². The van der Waals surface area contributed by atoms with Crippen LogP contribution in [-0.4, -0.2) is 35.3 Å². The zero-order valence-corrected chi connectivity index (χ0v) is 23.5. The second kappa shape index (κ2) is 10.9. The molecule has 2 aromatic carbocycles. The predicted octanol–water partition coefficient (Wildman–Crippen LogP) is 4.39. The van der Waals surface area contributed by atoms with Crippen LogP contribution in [0.4, 0.5) is 0 Å². The first kappa shape index (κ1) is 26.5. The van der Waals surface area contributed by atoms with Crippen LogP contribution < -0.4 is 24.4 Å². The number of carbonyl (C=O) groups is 1. The third-order valence-corrected chi connectivity index (χ3v) is 7.60. The van der Waals surface area contributed by atoms with Crippen molar-refractivity contribution in [3.8, 4) is 11.5 Å². The number of nitrogens with one attached hydrogen (secondary N) is 1. The largest absolute Gasteiger partial charge is 0.490 e. The summed E-state index contributed by atoms with van der Waals surface area (Å²) in [4.78, 5) is 35.8. The monoisotopic (exact) mass is 545 g/mol. The van der Waals surface area contributed by atoms with Crippen molar-refractivity contribution in [2.75, 3.05) is 19.8 Å². The number of aromatic nitrogens is 2. The molecule has 39 heavy (non-hydrogen) atoms. The molecule has 0 bridgehead atoms. The Balaban J connectivity index is 1.75. The van der Waals surface area contributed by atoms with Crippen molar-refractivity contribution < 1.29 is 19.0 Å². The summed E-state index contributed by atoms with van der Waals surface area (Å²) < 4.78 is 19.1. The number of aryl methyl sites for hydroxylation is 1. The number of allylic oxidation sites excluding steroid dienone is 1. The first-order valence-electron chi connectivity index (χ1n) is 13.0. The molecule has 9 heteroatoms. The number of aromatic amines is 1. The molecule has 0 amide bonds. The number of thiazole rings is 1. The Hall–Kier alpha value is -4.11. The van der Waals surface area contributed by atoms with Gasteiger partial charge in [0.25, 0.3) is 5.56 Å². The zero-order valence-electron chi connectivity index (χ0n) is 22.7. The van der Waals surface area contributed by atoms with Crippen LogP contribution in [0, 0.1) is 6.92 Å². The van der Waals surface area contributed by atoms with Crippen molar-refractivity contribution in [3.63, 3.8) is 0 Å². The second-order valence-electron chi connectivity index (χ2n) is 9.08. The molecule has 5 rings (SSSR count). The highest BCUT2D eigenvalue weighted by Gasteiger charge is 2.34. The Morgan fingerprint density at radius 2 is 1.79 bits per heavy atom. The molecule has 3 heterocycles. The van der Waals surface area contributed by atoms with E-state index in [2.05, 4.69) is 9.98 Å². The van der Waals surface area contributed by atoms with Gasteiger partial charge >= 0.3 is 5.97 Å². The number of H-pyrrole nitrogens is 1. The van der Waals surface area contributed by atoms with Crippen molar-refractivity contribution >= 4 is 34.3 Å². The molecule has 0 saturated carbocycles. The number of ether oxygens (including phenoxy) is 3. The van der Waals surface area contributed by atoms with Gasteiger partial charge in [-0.25, -0.2) is 9.79 Å². The van der Waals surface area contributed by atoms with E-state index in [4.69, 9.17) is 14.2 Å². The Morgan fingerprint density at radius 1 is 1.05 bits per heavy atom. The molecule has 0 radical (unpaired) electrons. The van der Waals surface area contributed by atoms with Gasteiger partial charge in [-0.2, -0.15) is 0 Å². The van der Waals surface area contributed by atoms with Gasteiger partial charge in [0.15, 0.2) is 16.3 Å². The van der Waals surface area contributed by atoms with Crippen LogP contribution >= 0.6 is 11.3 Å². The minimum absolute atomic E-state index is 0.208. The lowest BCUT2D eigenvalue weighted by atomic mass is 9.95. The average molecular weight is 546 g/mol.